The summed E-state index contributed by atoms with van der Waals surface area (Å²) < 4.78 is 5.34. The van der Waals surface area contributed by atoms with Gasteiger partial charge in [-0.15, -0.1) is 12.4 Å². The van der Waals surface area contributed by atoms with Gasteiger partial charge in [0.1, 0.15) is 5.60 Å². The van der Waals surface area contributed by atoms with Crippen molar-refractivity contribution in [1.29, 1.82) is 0 Å². The van der Waals surface area contributed by atoms with Crippen LogP contribution in [0.25, 0.3) is 0 Å². The number of rotatable bonds is 3. The molecule has 0 aromatic rings. The van der Waals surface area contributed by atoms with E-state index in [1.807, 2.05) is 20.8 Å². The van der Waals surface area contributed by atoms with Crippen molar-refractivity contribution in [3.8, 4) is 0 Å². The van der Waals surface area contributed by atoms with E-state index in [0.717, 1.165) is 32.5 Å². The van der Waals surface area contributed by atoms with Crippen LogP contribution in [-0.2, 0) is 4.74 Å². The molecule has 6 nitrogen and oxygen atoms in total. The van der Waals surface area contributed by atoms with Crippen LogP contribution in [0.15, 0.2) is 4.99 Å². The smallest absolute Gasteiger partial charge is 0.410 e. The first-order valence-electron chi connectivity index (χ1n) is 6.34. The van der Waals surface area contributed by atoms with Gasteiger partial charge in [0.05, 0.1) is 6.34 Å². The van der Waals surface area contributed by atoms with Gasteiger partial charge >= 0.3 is 6.09 Å². The number of piperidine rings is 1. The van der Waals surface area contributed by atoms with Crippen molar-refractivity contribution in [1.82, 2.24) is 10.3 Å². The lowest BCUT2D eigenvalue weighted by Crippen LogP contribution is -2.42. The molecule has 1 aliphatic heterocycles. The average Bonchev–Trinajstić information content (AvgIpc) is 2.28. The molecule has 0 saturated carbocycles. The van der Waals surface area contributed by atoms with E-state index in [2.05, 4.69) is 10.4 Å². The molecule has 0 atom stereocenters. The van der Waals surface area contributed by atoms with E-state index in [0.29, 0.717) is 5.92 Å². The van der Waals surface area contributed by atoms with Gasteiger partial charge in [-0.1, -0.05) is 0 Å². The summed E-state index contributed by atoms with van der Waals surface area (Å²) in [5.41, 5.74) is 1.96. The third-order valence-electron chi connectivity index (χ3n) is 2.80. The number of hydrazine groups is 1. The van der Waals surface area contributed by atoms with Crippen molar-refractivity contribution in [2.45, 2.75) is 39.2 Å². The fraction of sp³-hybridized carbons (Fsp3) is 0.833. The molecule has 0 aromatic heterocycles. The number of carbonyl (C=O) groups excluding carboxylic acids is 1. The van der Waals surface area contributed by atoms with Gasteiger partial charge in [-0.05, 0) is 39.5 Å². The minimum atomic E-state index is -0.426. The summed E-state index contributed by atoms with van der Waals surface area (Å²) in [6.45, 7) is 7.88. The summed E-state index contributed by atoms with van der Waals surface area (Å²) in [5, 5.41) is 0. The van der Waals surface area contributed by atoms with Crippen molar-refractivity contribution in [3.63, 3.8) is 0 Å². The number of nitrogens with one attached hydrogen (secondary N) is 1. The van der Waals surface area contributed by atoms with Crippen LogP contribution in [0.4, 0.5) is 4.79 Å². The van der Waals surface area contributed by atoms with E-state index < -0.39 is 5.60 Å². The van der Waals surface area contributed by atoms with Crippen molar-refractivity contribution in [2.24, 2.45) is 16.8 Å². The number of hydrogen-bond acceptors (Lipinski definition) is 4. The number of carbonyl (C=O) groups is 1. The van der Waals surface area contributed by atoms with Gasteiger partial charge in [0, 0.05) is 19.6 Å². The summed E-state index contributed by atoms with van der Waals surface area (Å²) >= 11 is 0. The Morgan fingerprint density at radius 3 is 2.53 bits per heavy atom. The van der Waals surface area contributed by atoms with Gasteiger partial charge in [0.15, 0.2) is 0 Å². The maximum absolute atomic E-state index is 11.8. The molecule has 1 amide bonds. The summed E-state index contributed by atoms with van der Waals surface area (Å²) in [7, 11) is 0. The molecular weight excluding hydrogens is 268 g/mol. The molecule has 0 bridgehead atoms. The highest BCUT2D eigenvalue weighted by Gasteiger charge is 2.26. The fourth-order valence-corrected chi connectivity index (χ4v) is 1.88. The van der Waals surface area contributed by atoms with E-state index >= 15 is 0 Å². The summed E-state index contributed by atoms with van der Waals surface area (Å²) in [6, 6.07) is 0. The Balaban J connectivity index is 0.00000324. The van der Waals surface area contributed by atoms with Crippen LogP contribution in [0.1, 0.15) is 33.6 Å². The van der Waals surface area contributed by atoms with E-state index in [4.69, 9.17) is 10.6 Å². The quantitative estimate of drug-likeness (QED) is 0.358. The van der Waals surface area contributed by atoms with Crippen LogP contribution in [0.2, 0.25) is 0 Å². The molecule has 19 heavy (non-hydrogen) atoms. The lowest BCUT2D eigenvalue weighted by atomic mass is 9.97. The van der Waals surface area contributed by atoms with Gasteiger partial charge in [0.2, 0.25) is 0 Å². The third kappa shape index (κ3) is 7.22. The Bertz CT molecular complexity index is 297. The number of nitrogens with zero attached hydrogens (tertiary/aromatic N) is 2. The number of ether oxygens (including phenoxy) is 1. The predicted molar refractivity (Wildman–Crippen MR) is 78.5 cm³/mol. The molecule has 1 saturated heterocycles. The molecular formula is C12H25ClN4O2. The Morgan fingerprint density at radius 1 is 1.47 bits per heavy atom. The van der Waals surface area contributed by atoms with Crippen molar-refractivity contribution < 1.29 is 9.53 Å². The first-order valence-corrected chi connectivity index (χ1v) is 6.34. The van der Waals surface area contributed by atoms with Gasteiger partial charge in [-0.2, -0.15) is 0 Å². The zero-order valence-corrected chi connectivity index (χ0v) is 12.7. The van der Waals surface area contributed by atoms with E-state index in [-0.39, 0.29) is 18.5 Å². The zero-order valence-electron chi connectivity index (χ0n) is 11.9. The second-order valence-corrected chi connectivity index (χ2v) is 5.57. The van der Waals surface area contributed by atoms with E-state index in [1.54, 1.807) is 4.90 Å². The minimum absolute atomic E-state index is 0. The van der Waals surface area contributed by atoms with Crippen LogP contribution in [0, 0.1) is 5.92 Å². The molecule has 0 radical (unpaired) electrons. The first kappa shape index (κ1) is 18.0. The van der Waals surface area contributed by atoms with Crippen LogP contribution >= 0.6 is 12.4 Å². The lowest BCUT2D eigenvalue weighted by molar-refractivity contribution is 0.0187. The first-order chi connectivity index (χ1) is 8.42. The number of nitrogens with two attached hydrogens (primary N) is 1. The lowest BCUT2D eigenvalue weighted by Gasteiger charge is -2.32. The maximum atomic E-state index is 11.8. The summed E-state index contributed by atoms with van der Waals surface area (Å²) in [5.74, 6) is 5.62. The average molecular weight is 293 g/mol. The van der Waals surface area contributed by atoms with Gasteiger partial charge in [-0.3, -0.25) is 4.99 Å². The van der Waals surface area contributed by atoms with Gasteiger partial charge in [0.25, 0.3) is 0 Å². The Labute approximate surface area is 121 Å². The SMILES string of the molecule is CC(C)(C)OC(=O)N1CCC(CN=CNN)CC1.Cl. The number of hydrogen-bond donors (Lipinski definition) is 2. The Hall–Kier alpha value is -1.01. The normalized spacial score (nSPS) is 17.2. The molecule has 7 heteroatoms. The highest BCUT2D eigenvalue weighted by molar-refractivity contribution is 5.85. The van der Waals surface area contributed by atoms with Crippen molar-refractivity contribution in [3.05, 3.63) is 0 Å². The molecule has 0 aromatic carbocycles. The maximum Gasteiger partial charge on any atom is 0.410 e. The number of aliphatic imine (C=N–C) groups is 1. The van der Waals surface area contributed by atoms with Crippen LogP contribution < -0.4 is 11.3 Å². The van der Waals surface area contributed by atoms with Crippen LogP contribution in [-0.4, -0.2) is 42.6 Å². The largest absolute Gasteiger partial charge is 0.444 e. The van der Waals surface area contributed by atoms with Crippen molar-refractivity contribution in [2.75, 3.05) is 19.6 Å². The highest BCUT2D eigenvalue weighted by Crippen LogP contribution is 2.19. The van der Waals surface area contributed by atoms with E-state index in [1.165, 1.54) is 6.34 Å². The topological polar surface area (TPSA) is 80.0 Å². The van der Waals surface area contributed by atoms with Crippen LogP contribution in [0.5, 0.6) is 0 Å². The highest BCUT2D eigenvalue weighted by atomic mass is 35.5. The zero-order chi connectivity index (χ0) is 13.6. The summed E-state index contributed by atoms with van der Waals surface area (Å²) in [6.07, 6.45) is 3.20. The molecule has 112 valence electrons. The number of likely N-dealkylation sites (tertiary alicyclic amines) is 1. The van der Waals surface area contributed by atoms with Crippen molar-refractivity contribution >= 4 is 24.8 Å². The second-order valence-electron chi connectivity index (χ2n) is 5.57. The predicted octanol–water partition coefficient (Wildman–Crippen LogP) is 1.55. The molecule has 0 aliphatic carbocycles. The number of amides is 1. The molecule has 0 unspecified atom stereocenters. The molecule has 1 heterocycles. The van der Waals surface area contributed by atoms with Gasteiger partial charge < -0.3 is 15.1 Å². The monoisotopic (exact) mass is 292 g/mol. The Kier molecular flexibility index (Phi) is 7.78. The second kappa shape index (κ2) is 8.22. The van der Waals surface area contributed by atoms with Crippen LogP contribution in [0.3, 0.4) is 0 Å². The van der Waals surface area contributed by atoms with E-state index in [9.17, 15) is 4.79 Å². The summed E-state index contributed by atoms with van der Waals surface area (Å²) in [4.78, 5) is 17.7. The molecule has 1 aliphatic rings. The molecule has 1 fully saturated rings. The third-order valence-corrected chi connectivity index (χ3v) is 2.80. The molecule has 0 spiro atoms. The van der Waals surface area contributed by atoms with Gasteiger partial charge in [-0.25, -0.2) is 10.6 Å². The molecule has 1 rings (SSSR count). The Morgan fingerprint density at radius 2 is 2.05 bits per heavy atom. The standard InChI is InChI=1S/C12H24N4O2.ClH/c1-12(2,3)18-11(17)16-6-4-10(5-7-16)8-14-9-15-13;/h9-10H,4-8,13H2,1-3H3,(H,14,15);1H. The minimum Gasteiger partial charge on any atom is -0.444 e. The fourth-order valence-electron chi connectivity index (χ4n) is 1.88. The molecule has 3 N–H and O–H groups in total. The number of halogens is 1.